The molecule has 0 bridgehead atoms. The largest absolute Gasteiger partial charge is 0.305 e. The SMILES string of the molecule is Cc1ccc(C(=O)N2CCN(C(=O)c3ccc(C)cc3)c3ccccc32)cc1. The number of carbonyl (C=O) groups excluding carboxylic acids is 2. The van der Waals surface area contributed by atoms with E-state index in [2.05, 4.69) is 0 Å². The molecule has 0 fully saturated rings. The van der Waals surface area contributed by atoms with Gasteiger partial charge in [0, 0.05) is 24.2 Å². The van der Waals surface area contributed by atoms with Crippen molar-refractivity contribution in [3.05, 3.63) is 95.1 Å². The number of para-hydroxylation sites is 2. The zero-order valence-corrected chi connectivity index (χ0v) is 16.1. The van der Waals surface area contributed by atoms with E-state index in [4.69, 9.17) is 0 Å². The molecule has 0 unspecified atom stereocenters. The van der Waals surface area contributed by atoms with E-state index < -0.39 is 0 Å². The van der Waals surface area contributed by atoms with E-state index >= 15 is 0 Å². The van der Waals surface area contributed by atoms with Gasteiger partial charge in [-0.1, -0.05) is 47.5 Å². The molecule has 0 atom stereocenters. The van der Waals surface area contributed by atoms with E-state index in [1.807, 2.05) is 86.6 Å². The zero-order chi connectivity index (χ0) is 19.7. The van der Waals surface area contributed by atoms with Crippen LogP contribution in [0.1, 0.15) is 31.8 Å². The minimum absolute atomic E-state index is 0.0464. The second-order valence-corrected chi connectivity index (χ2v) is 7.13. The quantitative estimate of drug-likeness (QED) is 0.661. The van der Waals surface area contributed by atoms with Gasteiger partial charge in [-0.3, -0.25) is 9.59 Å². The van der Waals surface area contributed by atoms with Gasteiger partial charge in [0.15, 0.2) is 0 Å². The Labute approximate surface area is 165 Å². The standard InChI is InChI=1S/C24H22N2O2/c1-17-7-11-19(12-8-17)23(27)25-15-16-26(22-6-4-3-5-21(22)25)24(28)20-13-9-18(2)10-14-20/h3-14H,15-16H2,1-2H3. The number of carbonyl (C=O) groups is 2. The normalized spacial score (nSPS) is 13.2. The summed E-state index contributed by atoms with van der Waals surface area (Å²) in [6, 6.07) is 22.8. The highest BCUT2D eigenvalue weighted by atomic mass is 16.2. The maximum Gasteiger partial charge on any atom is 0.258 e. The summed E-state index contributed by atoms with van der Waals surface area (Å²) in [5.41, 5.74) is 5.06. The number of fused-ring (bicyclic) bond motifs is 1. The molecule has 3 aromatic rings. The van der Waals surface area contributed by atoms with E-state index in [0.717, 1.165) is 22.5 Å². The van der Waals surface area contributed by atoms with Gasteiger partial charge in [-0.05, 0) is 50.2 Å². The average molecular weight is 370 g/mol. The molecule has 2 amide bonds. The molecule has 1 aliphatic heterocycles. The summed E-state index contributed by atoms with van der Waals surface area (Å²) < 4.78 is 0. The number of hydrogen-bond donors (Lipinski definition) is 0. The van der Waals surface area contributed by atoms with E-state index in [1.54, 1.807) is 9.80 Å². The molecule has 4 heteroatoms. The minimum Gasteiger partial charge on any atom is -0.305 e. The van der Waals surface area contributed by atoms with Gasteiger partial charge < -0.3 is 9.80 Å². The summed E-state index contributed by atoms with van der Waals surface area (Å²) in [7, 11) is 0. The van der Waals surface area contributed by atoms with Crippen molar-refractivity contribution in [3.63, 3.8) is 0 Å². The number of rotatable bonds is 2. The molecule has 28 heavy (non-hydrogen) atoms. The summed E-state index contributed by atoms with van der Waals surface area (Å²) in [5.74, 6) is -0.0928. The number of aryl methyl sites for hydroxylation is 2. The predicted octanol–water partition coefficient (Wildman–Crippen LogP) is 4.61. The van der Waals surface area contributed by atoms with Crippen molar-refractivity contribution in [2.24, 2.45) is 0 Å². The molecule has 3 aromatic carbocycles. The Bertz CT molecular complexity index is 939. The van der Waals surface area contributed by atoms with Crippen LogP contribution >= 0.6 is 0 Å². The molecule has 4 nitrogen and oxygen atoms in total. The van der Waals surface area contributed by atoms with Gasteiger partial charge in [0.1, 0.15) is 0 Å². The van der Waals surface area contributed by atoms with Crippen molar-refractivity contribution in [3.8, 4) is 0 Å². The summed E-state index contributed by atoms with van der Waals surface area (Å²) in [4.78, 5) is 29.7. The maximum absolute atomic E-state index is 13.1. The van der Waals surface area contributed by atoms with Crippen molar-refractivity contribution < 1.29 is 9.59 Å². The van der Waals surface area contributed by atoms with Gasteiger partial charge in [-0.15, -0.1) is 0 Å². The molecule has 1 aliphatic rings. The van der Waals surface area contributed by atoms with E-state index in [0.29, 0.717) is 24.2 Å². The van der Waals surface area contributed by atoms with Crippen LogP contribution in [0.25, 0.3) is 0 Å². The van der Waals surface area contributed by atoms with Crippen LogP contribution in [0.3, 0.4) is 0 Å². The van der Waals surface area contributed by atoms with Gasteiger partial charge >= 0.3 is 0 Å². The Morgan fingerprint density at radius 1 is 0.607 bits per heavy atom. The van der Waals surface area contributed by atoms with Crippen LogP contribution in [0.5, 0.6) is 0 Å². The molecule has 1 heterocycles. The Morgan fingerprint density at radius 2 is 0.964 bits per heavy atom. The lowest BCUT2D eigenvalue weighted by Crippen LogP contribution is -2.46. The minimum atomic E-state index is -0.0464. The third-order valence-corrected chi connectivity index (χ3v) is 5.10. The molecule has 140 valence electrons. The lowest BCUT2D eigenvalue weighted by atomic mass is 10.1. The fourth-order valence-electron chi connectivity index (χ4n) is 3.49. The Balaban J connectivity index is 1.67. The van der Waals surface area contributed by atoms with Crippen LogP contribution in [-0.4, -0.2) is 24.9 Å². The molecular weight excluding hydrogens is 348 g/mol. The van der Waals surface area contributed by atoms with E-state index in [-0.39, 0.29) is 11.8 Å². The molecule has 0 saturated carbocycles. The Kier molecular flexibility index (Phi) is 4.70. The van der Waals surface area contributed by atoms with E-state index in [1.165, 1.54) is 0 Å². The molecule has 0 aliphatic carbocycles. The third kappa shape index (κ3) is 3.29. The number of anilines is 2. The maximum atomic E-state index is 13.1. The summed E-state index contributed by atoms with van der Waals surface area (Å²) in [6.07, 6.45) is 0. The molecule has 0 saturated heterocycles. The van der Waals surface area contributed by atoms with E-state index in [9.17, 15) is 9.59 Å². The monoisotopic (exact) mass is 370 g/mol. The lowest BCUT2D eigenvalue weighted by molar-refractivity contribution is 0.0963. The van der Waals surface area contributed by atoms with Gasteiger partial charge in [0.05, 0.1) is 11.4 Å². The van der Waals surface area contributed by atoms with Crippen LogP contribution in [0.4, 0.5) is 11.4 Å². The van der Waals surface area contributed by atoms with Crippen molar-refractivity contribution >= 4 is 23.2 Å². The van der Waals surface area contributed by atoms with Crippen LogP contribution in [0, 0.1) is 13.8 Å². The highest BCUT2D eigenvalue weighted by Gasteiger charge is 2.30. The molecule has 0 spiro atoms. The molecular formula is C24H22N2O2. The summed E-state index contributed by atoms with van der Waals surface area (Å²) >= 11 is 0. The highest BCUT2D eigenvalue weighted by Crippen LogP contribution is 2.34. The van der Waals surface area contributed by atoms with Gasteiger partial charge in [0.25, 0.3) is 11.8 Å². The molecule has 0 N–H and O–H groups in total. The third-order valence-electron chi connectivity index (χ3n) is 5.10. The summed E-state index contributed by atoms with van der Waals surface area (Å²) in [6.45, 7) is 4.92. The van der Waals surface area contributed by atoms with Gasteiger partial charge in [-0.2, -0.15) is 0 Å². The predicted molar refractivity (Wildman–Crippen MR) is 112 cm³/mol. The average Bonchev–Trinajstić information content (AvgIpc) is 2.73. The number of hydrogen-bond acceptors (Lipinski definition) is 2. The number of nitrogens with zero attached hydrogens (tertiary/aromatic N) is 2. The first-order valence-electron chi connectivity index (χ1n) is 9.41. The second kappa shape index (κ2) is 7.31. The lowest BCUT2D eigenvalue weighted by Gasteiger charge is -2.36. The number of amides is 2. The van der Waals surface area contributed by atoms with Gasteiger partial charge in [-0.25, -0.2) is 0 Å². The van der Waals surface area contributed by atoms with Crippen molar-refractivity contribution in [1.29, 1.82) is 0 Å². The van der Waals surface area contributed by atoms with Crippen molar-refractivity contribution in [1.82, 2.24) is 0 Å². The summed E-state index contributed by atoms with van der Waals surface area (Å²) in [5, 5.41) is 0. The first kappa shape index (κ1) is 18.0. The topological polar surface area (TPSA) is 40.6 Å². The Hall–Kier alpha value is -3.40. The van der Waals surface area contributed by atoms with Gasteiger partial charge in [0.2, 0.25) is 0 Å². The smallest absolute Gasteiger partial charge is 0.258 e. The van der Waals surface area contributed by atoms with Crippen molar-refractivity contribution in [2.75, 3.05) is 22.9 Å². The first-order valence-corrected chi connectivity index (χ1v) is 9.41. The fraction of sp³-hybridized carbons (Fsp3) is 0.167. The fourth-order valence-corrected chi connectivity index (χ4v) is 3.49. The van der Waals surface area contributed by atoms with Crippen LogP contribution in [0.2, 0.25) is 0 Å². The van der Waals surface area contributed by atoms with Crippen LogP contribution < -0.4 is 9.80 Å². The molecule has 0 radical (unpaired) electrons. The van der Waals surface area contributed by atoms with Crippen molar-refractivity contribution in [2.45, 2.75) is 13.8 Å². The first-order chi connectivity index (χ1) is 13.5. The van der Waals surface area contributed by atoms with Crippen LogP contribution in [-0.2, 0) is 0 Å². The molecule has 0 aromatic heterocycles. The van der Waals surface area contributed by atoms with Crippen LogP contribution in [0.15, 0.2) is 72.8 Å². The number of benzene rings is 3. The highest BCUT2D eigenvalue weighted by molar-refractivity contribution is 6.13. The zero-order valence-electron chi connectivity index (χ0n) is 16.1. The Morgan fingerprint density at radius 3 is 1.32 bits per heavy atom. The second-order valence-electron chi connectivity index (χ2n) is 7.13. The molecule has 4 rings (SSSR count).